The Balaban J connectivity index is 1.46. The minimum atomic E-state index is -0.101. The third-order valence-corrected chi connectivity index (χ3v) is 5.41. The van der Waals surface area contributed by atoms with Crippen molar-refractivity contribution in [1.82, 2.24) is 0 Å². The molecule has 3 aromatic rings. The number of fused-ring (bicyclic) bond motifs is 1. The maximum absolute atomic E-state index is 12.6. The molecular weight excluding hydrogens is 388 g/mol. The van der Waals surface area contributed by atoms with Crippen molar-refractivity contribution in [2.45, 2.75) is 33.2 Å². The van der Waals surface area contributed by atoms with Gasteiger partial charge in [0.1, 0.15) is 5.75 Å². The number of ether oxygens (including phenoxy) is 1. The summed E-state index contributed by atoms with van der Waals surface area (Å²) in [6, 6.07) is 21.7. The van der Waals surface area contributed by atoms with Crippen LogP contribution in [-0.2, 0) is 22.6 Å². The van der Waals surface area contributed by atoms with E-state index in [0.29, 0.717) is 36.5 Å². The van der Waals surface area contributed by atoms with Gasteiger partial charge < -0.3 is 15.0 Å². The van der Waals surface area contributed by atoms with E-state index < -0.39 is 0 Å². The fourth-order valence-corrected chi connectivity index (χ4v) is 3.57. The third-order valence-electron chi connectivity index (χ3n) is 5.41. The molecular formula is C26H26N2O3. The fourth-order valence-electron chi connectivity index (χ4n) is 3.57. The van der Waals surface area contributed by atoms with E-state index in [0.717, 1.165) is 11.1 Å². The summed E-state index contributed by atoms with van der Waals surface area (Å²) in [4.78, 5) is 26.7. The minimum Gasteiger partial charge on any atom is -0.482 e. The van der Waals surface area contributed by atoms with Crippen LogP contribution in [0.2, 0.25) is 0 Å². The number of carbonyl (C=O) groups is 2. The summed E-state index contributed by atoms with van der Waals surface area (Å²) in [7, 11) is 0. The van der Waals surface area contributed by atoms with Gasteiger partial charge in [0.2, 0.25) is 5.91 Å². The molecule has 0 spiro atoms. The van der Waals surface area contributed by atoms with Gasteiger partial charge in [-0.25, -0.2) is 0 Å². The summed E-state index contributed by atoms with van der Waals surface area (Å²) in [5.74, 6) is 0.481. The average Bonchev–Trinajstić information content (AvgIpc) is 2.77. The summed E-state index contributed by atoms with van der Waals surface area (Å²) < 4.78 is 5.59. The average molecular weight is 415 g/mol. The van der Waals surface area contributed by atoms with Gasteiger partial charge in [-0.15, -0.1) is 0 Å². The quantitative estimate of drug-likeness (QED) is 0.630. The lowest BCUT2D eigenvalue weighted by atomic mass is 10.1. The van der Waals surface area contributed by atoms with Crippen LogP contribution in [0.25, 0.3) is 0 Å². The van der Waals surface area contributed by atoms with Crippen LogP contribution in [0.15, 0.2) is 66.7 Å². The highest BCUT2D eigenvalue weighted by molar-refractivity contribution is 5.99. The molecule has 0 fully saturated rings. The number of hydrogen-bond donors (Lipinski definition) is 1. The fraction of sp³-hybridized carbons (Fsp3) is 0.231. The molecule has 1 N–H and O–H groups in total. The molecule has 0 saturated carbocycles. The SMILES string of the molecule is Cc1ccc(CCC(=O)Nc2ccc3c(c2)N(Cc2ccc(C)cc2)C(=O)CO3)cc1. The predicted molar refractivity (Wildman–Crippen MR) is 122 cm³/mol. The zero-order chi connectivity index (χ0) is 21.8. The van der Waals surface area contributed by atoms with Gasteiger partial charge in [-0.3, -0.25) is 9.59 Å². The molecule has 1 aliphatic heterocycles. The second kappa shape index (κ2) is 9.04. The molecule has 1 heterocycles. The number of amides is 2. The van der Waals surface area contributed by atoms with Gasteiger partial charge in [-0.05, 0) is 49.6 Å². The number of anilines is 2. The molecule has 158 valence electrons. The molecule has 0 saturated heterocycles. The molecule has 5 heteroatoms. The highest BCUT2D eigenvalue weighted by Gasteiger charge is 2.26. The highest BCUT2D eigenvalue weighted by Crippen LogP contribution is 2.35. The van der Waals surface area contributed by atoms with Gasteiger partial charge in [0.15, 0.2) is 6.61 Å². The lowest BCUT2D eigenvalue weighted by Crippen LogP contribution is -2.38. The van der Waals surface area contributed by atoms with Crippen LogP contribution in [0.1, 0.15) is 28.7 Å². The van der Waals surface area contributed by atoms with Crippen LogP contribution >= 0.6 is 0 Å². The van der Waals surface area contributed by atoms with Gasteiger partial charge in [0, 0.05) is 12.1 Å². The Kier molecular flexibility index (Phi) is 6.03. The van der Waals surface area contributed by atoms with Crippen molar-refractivity contribution < 1.29 is 14.3 Å². The Hall–Kier alpha value is -3.60. The summed E-state index contributed by atoms with van der Waals surface area (Å²) in [5, 5.41) is 2.95. The predicted octanol–water partition coefficient (Wildman–Crippen LogP) is 4.80. The van der Waals surface area contributed by atoms with Gasteiger partial charge in [0.25, 0.3) is 5.91 Å². The monoisotopic (exact) mass is 414 g/mol. The van der Waals surface area contributed by atoms with E-state index in [1.807, 2.05) is 62.4 Å². The van der Waals surface area contributed by atoms with Crippen LogP contribution in [0.4, 0.5) is 11.4 Å². The first-order valence-corrected chi connectivity index (χ1v) is 10.5. The Morgan fingerprint density at radius 2 is 1.58 bits per heavy atom. The zero-order valence-electron chi connectivity index (χ0n) is 17.9. The van der Waals surface area contributed by atoms with Crippen LogP contribution in [0, 0.1) is 13.8 Å². The molecule has 2 amide bonds. The van der Waals surface area contributed by atoms with Crippen molar-refractivity contribution in [3.8, 4) is 5.75 Å². The van der Waals surface area contributed by atoms with Crippen molar-refractivity contribution in [2.75, 3.05) is 16.8 Å². The van der Waals surface area contributed by atoms with Crippen molar-refractivity contribution in [2.24, 2.45) is 0 Å². The smallest absolute Gasteiger partial charge is 0.265 e. The summed E-state index contributed by atoms with van der Waals surface area (Å²) in [6.45, 7) is 4.55. The number of nitrogens with zero attached hydrogens (tertiary/aromatic N) is 1. The second-order valence-electron chi connectivity index (χ2n) is 7.97. The second-order valence-corrected chi connectivity index (χ2v) is 7.97. The largest absolute Gasteiger partial charge is 0.482 e. The van der Waals surface area contributed by atoms with Crippen LogP contribution < -0.4 is 15.0 Å². The van der Waals surface area contributed by atoms with Crippen molar-refractivity contribution in [3.05, 3.63) is 89.0 Å². The number of hydrogen-bond acceptors (Lipinski definition) is 3. The number of benzene rings is 3. The van der Waals surface area contributed by atoms with Gasteiger partial charge >= 0.3 is 0 Å². The van der Waals surface area contributed by atoms with Gasteiger partial charge in [-0.2, -0.15) is 0 Å². The standard InChI is InChI=1S/C26H26N2O3/c1-18-3-7-20(8-4-18)11-14-25(29)27-22-12-13-24-23(15-22)28(26(30)17-31-24)16-21-9-5-19(2)6-10-21/h3-10,12-13,15H,11,14,16-17H2,1-2H3,(H,27,29). The van der Waals surface area contributed by atoms with E-state index in [9.17, 15) is 9.59 Å². The Bertz CT molecular complexity index is 1090. The molecule has 5 nitrogen and oxygen atoms in total. The lowest BCUT2D eigenvalue weighted by molar-refractivity contribution is -0.121. The first kappa shape index (κ1) is 20.7. The Morgan fingerprint density at radius 3 is 2.26 bits per heavy atom. The highest BCUT2D eigenvalue weighted by atomic mass is 16.5. The molecule has 0 unspecified atom stereocenters. The van der Waals surface area contributed by atoms with E-state index in [2.05, 4.69) is 17.4 Å². The molecule has 0 bridgehead atoms. The Labute approximate surface area is 182 Å². The zero-order valence-corrected chi connectivity index (χ0v) is 17.9. The van der Waals surface area contributed by atoms with Crippen LogP contribution in [0.3, 0.4) is 0 Å². The number of nitrogens with one attached hydrogen (secondary N) is 1. The normalized spacial score (nSPS) is 12.8. The topological polar surface area (TPSA) is 58.6 Å². The number of aryl methyl sites for hydroxylation is 3. The molecule has 0 radical (unpaired) electrons. The lowest BCUT2D eigenvalue weighted by Gasteiger charge is -2.30. The number of rotatable bonds is 6. The van der Waals surface area contributed by atoms with Crippen LogP contribution in [0.5, 0.6) is 5.75 Å². The van der Waals surface area contributed by atoms with E-state index in [1.54, 1.807) is 11.0 Å². The Morgan fingerprint density at radius 1 is 0.935 bits per heavy atom. The van der Waals surface area contributed by atoms with Gasteiger partial charge in [0.05, 0.1) is 12.2 Å². The molecule has 0 aliphatic carbocycles. The maximum Gasteiger partial charge on any atom is 0.265 e. The summed E-state index contributed by atoms with van der Waals surface area (Å²) in [5.41, 5.74) is 5.88. The van der Waals surface area contributed by atoms with E-state index in [-0.39, 0.29) is 18.4 Å². The minimum absolute atomic E-state index is 0.0150. The molecule has 1 aliphatic rings. The van der Waals surface area contributed by atoms with Crippen LogP contribution in [-0.4, -0.2) is 18.4 Å². The molecule has 31 heavy (non-hydrogen) atoms. The first-order valence-electron chi connectivity index (χ1n) is 10.5. The molecule has 0 atom stereocenters. The van der Waals surface area contributed by atoms with Crippen molar-refractivity contribution in [1.29, 1.82) is 0 Å². The third kappa shape index (κ3) is 5.12. The number of carbonyl (C=O) groups excluding carboxylic acids is 2. The summed E-state index contributed by atoms with van der Waals surface area (Å²) >= 11 is 0. The van der Waals surface area contributed by atoms with E-state index in [1.165, 1.54) is 11.1 Å². The van der Waals surface area contributed by atoms with Gasteiger partial charge in [-0.1, -0.05) is 59.7 Å². The van der Waals surface area contributed by atoms with E-state index in [4.69, 9.17) is 4.74 Å². The molecule has 4 rings (SSSR count). The van der Waals surface area contributed by atoms with Crippen molar-refractivity contribution in [3.63, 3.8) is 0 Å². The maximum atomic E-state index is 12.6. The summed E-state index contributed by atoms with van der Waals surface area (Å²) in [6.07, 6.45) is 1.07. The molecule has 3 aromatic carbocycles. The first-order chi connectivity index (χ1) is 15.0. The molecule has 0 aromatic heterocycles. The van der Waals surface area contributed by atoms with Crippen molar-refractivity contribution >= 4 is 23.2 Å². The van der Waals surface area contributed by atoms with E-state index >= 15 is 0 Å².